The van der Waals surface area contributed by atoms with Crippen LogP contribution in [-0.4, -0.2) is 20.7 Å². The maximum absolute atomic E-state index is 13.5. The molecule has 0 saturated heterocycles. The van der Waals surface area contributed by atoms with E-state index in [4.69, 9.17) is 0 Å². The number of alkyl halides is 6. The highest BCUT2D eigenvalue weighted by molar-refractivity contribution is 6.06. The fourth-order valence-electron chi connectivity index (χ4n) is 3.53. The maximum Gasteiger partial charge on any atom is 0.417 e. The molecule has 0 atom stereocenters. The highest BCUT2D eigenvalue weighted by atomic mass is 19.4. The van der Waals surface area contributed by atoms with Crippen LogP contribution < -0.4 is 5.32 Å². The zero-order valence-corrected chi connectivity index (χ0v) is 17.5. The van der Waals surface area contributed by atoms with Gasteiger partial charge in [-0.1, -0.05) is 30.3 Å². The van der Waals surface area contributed by atoms with E-state index in [1.165, 1.54) is 54.3 Å². The highest BCUT2D eigenvalue weighted by Gasteiger charge is 2.34. The summed E-state index contributed by atoms with van der Waals surface area (Å²) in [6.07, 6.45) is -7.83. The minimum absolute atomic E-state index is 0.00273. The second-order valence-electron chi connectivity index (χ2n) is 7.48. The number of carbonyl (C=O) groups is 1. The molecule has 4 rings (SSSR count). The van der Waals surface area contributed by atoms with Crippen molar-refractivity contribution in [2.24, 2.45) is 7.05 Å². The average Bonchev–Trinajstić information content (AvgIpc) is 3.16. The smallest absolute Gasteiger partial charge is 0.348 e. The lowest BCUT2D eigenvalue weighted by molar-refractivity contribution is -0.138. The molecule has 34 heavy (non-hydrogen) atoms. The first kappa shape index (κ1) is 23.3. The minimum atomic E-state index is -4.65. The van der Waals surface area contributed by atoms with Crippen LogP contribution in [0.2, 0.25) is 0 Å². The van der Waals surface area contributed by atoms with Crippen molar-refractivity contribution in [3.05, 3.63) is 83.0 Å². The van der Waals surface area contributed by atoms with Gasteiger partial charge < -0.3 is 5.32 Å². The van der Waals surface area contributed by atoms with Gasteiger partial charge in [-0.3, -0.25) is 9.48 Å². The van der Waals surface area contributed by atoms with Gasteiger partial charge in [0.15, 0.2) is 5.65 Å². The Labute approximate surface area is 189 Å². The third-order valence-corrected chi connectivity index (χ3v) is 5.17. The Morgan fingerprint density at radius 1 is 0.971 bits per heavy atom. The van der Waals surface area contributed by atoms with Gasteiger partial charge in [-0.25, -0.2) is 4.98 Å². The quantitative estimate of drug-likeness (QED) is 0.389. The number of hydrogen-bond donors (Lipinski definition) is 1. The normalized spacial score (nSPS) is 12.2. The molecule has 0 aliphatic rings. The summed E-state index contributed by atoms with van der Waals surface area (Å²) in [4.78, 5) is 17.2. The first-order valence-electron chi connectivity index (χ1n) is 9.89. The molecule has 2 aromatic heterocycles. The zero-order chi connectivity index (χ0) is 24.7. The molecule has 5 nitrogen and oxygen atoms in total. The number of amides is 1. The second-order valence-corrected chi connectivity index (χ2v) is 7.48. The van der Waals surface area contributed by atoms with E-state index in [-0.39, 0.29) is 40.0 Å². The summed E-state index contributed by atoms with van der Waals surface area (Å²) in [7, 11) is 1.53. The number of hydrogen-bond acceptors (Lipinski definition) is 3. The van der Waals surface area contributed by atoms with E-state index in [1.54, 1.807) is 0 Å². The number of carbonyl (C=O) groups excluding carboxylic acids is 1. The third kappa shape index (κ3) is 4.59. The molecular weight excluding hydrogens is 462 g/mol. The number of nitrogens with one attached hydrogen (secondary N) is 1. The Morgan fingerprint density at radius 3 is 2.41 bits per heavy atom. The van der Waals surface area contributed by atoms with E-state index < -0.39 is 29.4 Å². The summed E-state index contributed by atoms with van der Waals surface area (Å²) in [5, 5.41) is 6.84. The van der Waals surface area contributed by atoms with Crippen molar-refractivity contribution < 1.29 is 31.1 Å². The predicted octanol–water partition coefficient (Wildman–Crippen LogP) is 5.60. The zero-order valence-electron chi connectivity index (χ0n) is 17.5. The van der Waals surface area contributed by atoms with Crippen molar-refractivity contribution in [2.45, 2.75) is 18.9 Å². The second kappa shape index (κ2) is 8.47. The molecule has 0 bridgehead atoms. The SMILES string of the molecule is Cn1ncc2c(C(=O)NCc3cccc(C(F)(F)F)c3)cc(-c3ccccc3C(F)(F)F)nc21. The Hall–Kier alpha value is -3.89. The lowest BCUT2D eigenvalue weighted by atomic mass is 10.0. The molecule has 1 N–H and O–H groups in total. The van der Waals surface area contributed by atoms with Crippen molar-refractivity contribution in [2.75, 3.05) is 0 Å². The van der Waals surface area contributed by atoms with Gasteiger partial charge in [0.1, 0.15) is 0 Å². The van der Waals surface area contributed by atoms with Gasteiger partial charge >= 0.3 is 12.4 Å². The molecule has 2 heterocycles. The van der Waals surface area contributed by atoms with E-state index >= 15 is 0 Å². The van der Waals surface area contributed by atoms with Gasteiger partial charge in [-0.2, -0.15) is 31.4 Å². The predicted molar refractivity (Wildman–Crippen MR) is 112 cm³/mol. The molecule has 2 aromatic carbocycles. The molecule has 0 unspecified atom stereocenters. The molecule has 0 saturated carbocycles. The first-order chi connectivity index (χ1) is 15.9. The number of fused-ring (bicyclic) bond motifs is 1. The molecule has 0 aliphatic carbocycles. The van der Waals surface area contributed by atoms with Crippen molar-refractivity contribution in [1.29, 1.82) is 0 Å². The maximum atomic E-state index is 13.5. The summed E-state index contributed by atoms with van der Waals surface area (Å²) >= 11 is 0. The highest BCUT2D eigenvalue weighted by Crippen LogP contribution is 2.37. The molecule has 0 radical (unpaired) electrons. The van der Waals surface area contributed by atoms with Gasteiger partial charge in [-0.05, 0) is 29.8 Å². The number of rotatable bonds is 4. The number of benzene rings is 2. The summed E-state index contributed by atoms with van der Waals surface area (Å²) in [5.41, 5.74) is -1.69. The van der Waals surface area contributed by atoms with Gasteiger partial charge in [0.2, 0.25) is 0 Å². The molecule has 176 valence electrons. The molecule has 4 aromatic rings. The van der Waals surface area contributed by atoms with Gasteiger partial charge in [0.25, 0.3) is 5.91 Å². The van der Waals surface area contributed by atoms with Crippen LogP contribution in [0.5, 0.6) is 0 Å². The molecule has 0 aliphatic heterocycles. The molecule has 0 fully saturated rings. The van der Waals surface area contributed by atoms with Crippen LogP contribution in [0.15, 0.2) is 60.8 Å². The van der Waals surface area contributed by atoms with E-state index in [2.05, 4.69) is 15.4 Å². The minimum Gasteiger partial charge on any atom is -0.348 e. The fourth-order valence-corrected chi connectivity index (χ4v) is 3.53. The Balaban J connectivity index is 1.72. The van der Waals surface area contributed by atoms with Crippen LogP contribution in [-0.2, 0) is 25.9 Å². The number of nitrogens with zero attached hydrogens (tertiary/aromatic N) is 3. The van der Waals surface area contributed by atoms with Crippen molar-refractivity contribution in [3.63, 3.8) is 0 Å². The summed E-state index contributed by atoms with van der Waals surface area (Å²) in [6, 6.07) is 10.5. The first-order valence-corrected chi connectivity index (χ1v) is 9.89. The number of halogens is 6. The lowest BCUT2D eigenvalue weighted by Crippen LogP contribution is -2.23. The standard InChI is InChI=1S/C23H16F6N4O/c1-33-20-17(12-31-33)16(10-19(32-20)15-7-2-3-8-18(15)23(27,28)29)21(34)30-11-13-5-4-6-14(9-13)22(24,25)26/h2-10,12H,11H2,1H3,(H,30,34). The van der Waals surface area contributed by atoms with E-state index in [9.17, 15) is 31.1 Å². The topological polar surface area (TPSA) is 59.8 Å². The summed E-state index contributed by atoms with van der Waals surface area (Å²) in [6.45, 7) is -0.221. The Bertz CT molecular complexity index is 1370. The van der Waals surface area contributed by atoms with Gasteiger partial charge in [0.05, 0.1) is 34.0 Å². The van der Waals surface area contributed by atoms with Crippen LogP contribution in [0.1, 0.15) is 27.0 Å². The van der Waals surface area contributed by atoms with E-state index in [0.717, 1.165) is 18.2 Å². The van der Waals surface area contributed by atoms with Crippen LogP contribution in [0.25, 0.3) is 22.3 Å². The number of aromatic nitrogens is 3. The van der Waals surface area contributed by atoms with Crippen LogP contribution in [0.4, 0.5) is 26.3 Å². The van der Waals surface area contributed by atoms with Crippen molar-refractivity contribution in [1.82, 2.24) is 20.1 Å². The Kier molecular flexibility index (Phi) is 5.80. The molecule has 11 heteroatoms. The molecule has 1 amide bonds. The summed E-state index contributed by atoms with van der Waals surface area (Å²) < 4.78 is 80.8. The van der Waals surface area contributed by atoms with E-state index in [1.807, 2.05) is 0 Å². The van der Waals surface area contributed by atoms with Gasteiger partial charge in [-0.15, -0.1) is 0 Å². The van der Waals surface area contributed by atoms with Crippen molar-refractivity contribution >= 4 is 16.9 Å². The molecule has 0 spiro atoms. The monoisotopic (exact) mass is 478 g/mol. The fraction of sp³-hybridized carbons (Fsp3) is 0.174. The Morgan fingerprint density at radius 2 is 1.71 bits per heavy atom. The lowest BCUT2D eigenvalue weighted by Gasteiger charge is -2.14. The summed E-state index contributed by atoms with van der Waals surface area (Å²) in [5.74, 6) is -0.691. The number of aryl methyl sites for hydroxylation is 1. The number of pyridine rings is 1. The van der Waals surface area contributed by atoms with E-state index in [0.29, 0.717) is 0 Å². The van der Waals surface area contributed by atoms with Crippen molar-refractivity contribution in [3.8, 4) is 11.3 Å². The van der Waals surface area contributed by atoms with Crippen LogP contribution >= 0.6 is 0 Å². The average molecular weight is 478 g/mol. The van der Waals surface area contributed by atoms with Crippen LogP contribution in [0, 0.1) is 0 Å². The largest absolute Gasteiger partial charge is 0.417 e. The van der Waals surface area contributed by atoms with Gasteiger partial charge in [0, 0.05) is 19.2 Å². The molecular formula is C23H16F6N4O. The van der Waals surface area contributed by atoms with Crippen LogP contribution in [0.3, 0.4) is 0 Å². The third-order valence-electron chi connectivity index (χ3n) is 5.17.